The van der Waals surface area contributed by atoms with Crippen molar-refractivity contribution < 1.29 is 9.63 Å². The normalized spacial score (nSPS) is 11.0. The van der Waals surface area contributed by atoms with Gasteiger partial charge >= 0.3 is 5.97 Å². The zero-order valence-corrected chi connectivity index (χ0v) is 10.5. The Morgan fingerprint density at radius 3 is 2.62 bits per heavy atom. The average Bonchev–Trinajstić information content (AvgIpc) is 2.25. The molecule has 0 saturated carbocycles. The molecule has 0 fully saturated rings. The molecule has 1 aromatic rings. The van der Waals surface area contributed by atoms with Crippen LogP contribution in [0.5, 0.6) is 0 Å². The second-order valence-corrected chi connectivity index (χ2v) is 4.04. The number of carbonyl (C=O) groups is 1. The van der Waals surface area contributed by atoms with E-state index < -0.39 is 5.97 Å². The van der Waals surface area contributed by atoms with E-state index in [4.69, 9.17) is 0 Å². The summed E-state index contributed by atoms with van der Waals surface area (Å²) in [5, 5.41) is 3.79. The second kappa shape index (κ2) is 6.23. The van der Waals surface area contributed by atoms with E-state index in [1.807, 2.05) is 24.3 Å². The predicted molar refractivity (Wildman–Crippen MR) is 67.3 cm³/mol. The largest absolute Gasteiger partial charge is 0.331 e. The van der Waals surface area contributed by atoms with E-state index in [1.165, 1.54) is 6.92 Å². The van der Waals surface area contributed by atoms with Gasteiger partial charge in [0.2, 0.25) is 0 Å². The number of nitrogens with zero attached hydrogens (tertiary/aromatic N) is 1. The zero-order chi connectivity index (χ0) is 12.0. The number of halogens is 1. The molecule has 0 aliphatic rings. The van der Waals surface area contributed by atoms with Crippen LogP contribution in [0.1, 0.15) is 18.9 Å². The van der Waals surface area contributed by atoms with Crippen molar-refractivity contribution in [2.75, 3.05) is 0 Å². The molecular weight excluding hydrogens is 270 g/mol. The zero-order valence-electron chi connectivity index (χ0n) is 8.94. The Kier molecular flexibility index (Phi) is 4.92. The summed E-state index contributed by atoms with van der Waals surface area (Å²) >= 11 is 3.35. The van der Waals surface area contributed by atoms with Crippen molar-refractivity contribution in [2.24, 2.45) is 5.16 Å². The van der Waals surface area contributed by atoms with Gasteiger partial charge in [0.05, 0.1) is 5.71 Å². The van der Waals surface area contributed by atoms with Crippen molar-refractivity contribution in [2.45, 2.75) is 13.3 Å². The van der Waals surface area contributed by atoms with E-state index in [1.54, 1.807) is 6.08 Å². The van der Waals surface area contributed by atoms with Crippen molar-refractivity contribution in [3.05, 3.63) is 47.0 Å². The highest BCUT2D eigenvalue weighted by Crippen LogP contribution is 2.13. The van der Waals surface area contributed by atoms with Gasteiger partial charge in [-0.25, -0.2) is 4.79 Å². The highest BCUT2D eigenvalue weighted by Gasteiger charge is 2.03. The van der Waals surface area contributed by atoms with Crippen molar-refractivity contribution in [3.63, 3.8) is 0 Å². The first-order valence-electron chi connectivity index (χ1n) is 4.74. The summed E-state index contributed by atoms with van der Waals surface area (Å²) in [5.74, 6) is -0.432. The molecular formula is C12H12BrNO2. The fraction of sp³-hybridized carbons (Fsp3) is 0.167. The number of allylic oxidation sites excluding steroid dienone is 1. The molecule has 16 heavy (non-hydrogen) atoms. The highest BCUT2D eigenvalue weighted by atomic mass is 79.9. The summed E-state index contributed by atoms with van der Waals surface area (Å²) in [6.07, 6.45) is 2.26. The minimum atomic E-state index is -0.432. The number of rotatable bonds is 4. The fourth-order valence-electron chi connectivity index (χ4n) is 1.11. The lowest BCUT2D eigenvalue weighted by molar-refractivity contribution is -0.140. The van der Waals surface area contributed by atoms with Crippen LogP contribution in [0.2, 0.25) is 0 Å². The van der Waals surface area contributed by atoms with Crippen LogP contribution in [0, 0.1) is 0 Å². The molecule has 0 radical (unpaired) electrons. The summed E-state index contributed by atoms with van der Waals surface area (Å²) in [6.45, 7) is 4.96. The minimum absolute atomic E-state index is 0.432. The molecule has 0 atom stereocenters. The van der Waals surface area contributed by atoms with Crippen LogP contribution in [0.25, 0.3) is 0 Å². The van der Waals surface area contributed by atoms with E-state index in [2.05, 4.69) is 32.5 Å². The van der Waals surface area contributed by atoms with Crippen LogP contribution in [-0.2, 0) is 9.63 Å². The molecule has 1 aromatic carbocycles. The summed E-state index contributed by atoms with van der Waals surface area (Å²) in [6, 6.07) is 7.61. The molecule has 0 unspecified atom stereocenters. The smallest absolute Gasteiger partial charge is 0.318 e. The Labute approximate surface area is 103 Å². The van der Waals surface area contributed by atoms with Gasteiger partial charge in [-0.15, -0.1) is 6.58 Å². The van der Waals surface area contributed by atoms with E-state index in [-0.39, 0.29) is 0 Å². The van der Waals surface area contributed by atoms with Gasteiger partial charge in [0.1, 0.15) is 0 Å². The van der Waals surface area contributed by atoms with Crippen LogP contribution in [-0.4, -0.2) is 11.7 Å². The third-order valence-electron chi connectivity index (χ3n) is 1.80. The number of oxime groups is 1. The van der Waals surface area contributed by atoms with Gasteiger partial charge in [-0.05, 0) is 17.7 Å². The van der Waals surface area contributed by atoms with Crippen LogP contribution in [0.4, 0.5) is 0 Å². The minimum Gasteiger partial charge on any atom is -0.318 e. The summed E-state index contributed by atoms with van der Waals surface area (Å²) < 4.78 is 0.988. The maximum atomic E-state index is 10.7. The lowest BCUT2D eigenvalue weighted by atomic mass is 10.1. The first-order chi connectivity index (χ1) is 7.63. The number of hydrogen-bond acceptors (Lipinski definition) is 3. The van der Waals surface area contributed by atoms with Gasteiger partial charge in [0.15, 0.2) is 0 Å². The predicted octanol–water partition coefficient (Wildman–Crippen LogP) is 3.29. The van der Waals surface area contributed by atoms with Crippen molar-refractivity contribution in [1.29, 1.82) is 0 Å². The molecule has 3 nitrogen and oxygen atoms in total. The summed E-state index contributed by atoms with van der Waals surface area (Å²) in [7, 11) is 0. The van der Waals surface area contributed by atoms with Gasteiger partial charge < -0.3 is 4.84 Å². The topological polar surface area (TPSA) is 38.7 Å². The Balaban J connectivity index is 2.92. The molecule has 0 aromatic heterocycles. The van der Waals surface area contributed by atoms with Gasteiger partial charge in [-0.1, -0.05) is 39.3 Å². The molecule has 0 saturated heterocycles. The SMILES string of the molecule is C=CC/C(=N\OC(C)=O)c1ccc(Br)cc1. The van der Waals surface area contributed by atoms with Crippen molar-refractivity contribution in [1.82, 2.24) is 0 Å². The van der Waals surface area contributed by atoms with E-state index in [0.29, 0.717) is 12.1 Å². The molecule has 0 bridgehead atoms. The summed E-state index contributed by atoms with van der Waals surface area (Å²) in [5.41, 5.74) is 1.59. The third kappa shape index (κ3) is 3.98. The standard InChI is InChI=1S/C12H12BrNO2/c1-3-4-12(14-16-9(2)15)10-5-7-11(13)8-6-10/h3,5-8H,1,4H2,2H3/b14-12+. The number of benzene rings is 1. The molecule has 0 aliphatic carbocycles. The van der Waals surface area contributed by atoms with E-state index >= 15 is 0 Å². The maximum absolute atomic E-state index is 10.7. The third-order valence-corrected chi connectivity index (χ3v) is 2.33. The Morgan fingerprint density at radius 1 is 1.50 bits per heavy atom. The van der Waals surface area contributed by atoms with E-state index in [0.717, 1.165) is 10.0 Å². The highest BCUT2D eigenvalue weighted by molar-refractivity contribution is 9.10. The van der Waals surface area contributed by atoms with Crippen molar-refractivity contribution >= 4 is 27.6 Å². The number of hydrogen-bond donors (Lipinski definition) is 0. The van der Waals surface area contributed by atoms with Gasteiger partial charge in [0, 0.05) is 17.8 Å². The lowest BCUT2D eigenvalue weighted by Crippen LogP contribution is -2.02. The average molecular weight is 282 g/mol. The Bertz CT molecular complexity index is 410. The molecule has 0 N–H and O–H groups in total. The molecule has 0 heterocycles. The summed E-state index contributed by atoms with van der Waals surface area (Å²) in [4.78, 5) is 15.3. The monoisotopic (exact) mass is 281 g/mol. The van der Waals surface area contributed by atoms with Gasteiger partial charge in [-0.2, -0.15) is 0 Å². The fourth-order valence-corrected chi connectivity index (χ4v) is 1.37. The molecule has 0 amide bonds. The first kappa shape index (κ1) is 12.6. The molecule has 84 valence electrons. The van der Waals surface area contributed by atoms with Crippen molar-refractivity contribution in [3.8, 4) is 0 Å². The van der Waals surface area contributed by atoms with Gasteiger partial charge in [0.25, 0.3) is 0 Å². The molecule has 1 rings (SSSR count). The van der Waals surface area contributed by atoms with E-state index in [9.17, 15) is 4.79 Å². The molecule has 0 spiro atoms. The van der Waals surface area contributed by atoms with Crippen LogP contribution in [0.3, 0.4) is 0 Å². The van der Waals surface area contributed by atoms with Crippen LogP contribution >= 0.6 is 15.9 Å². The lowest BCUT2D eigenvalue weighted by Gasteiger charge is -2.03. The molecule has 4 heteroatoms. The quantitative estimate of drug-likeness (QED) is 0.368. The number of carbonyl (C=O) groups excluding carboxylic acids is 1. The van der Waals surface area contributed by atoms with Gasteiger partial charge in [-0.3, -0.25) is 0 Å². The second-order valence-electron chi connectivity index (χ2n) is 3.12. The Hall–Kier alpha value is -1.42. The Morgan fingerprint density at radius 2 is 2.12 bits per heavy atom. The first-order valence-corrected chi connectivity index (χ1v) is 5.54. The molecule has 0 aliphatic heterocycles. The maximum Gasteiger partial charge on any atom is 0.331 e. The van der Waals surface area contributed by atoms with Crippen LogP contribution in [0.15, 0.2) is 46.5 Å². The van der Waals surface area contributed by atoms with Crippen LogP contribution < -0.4 is 0 Å².